The summed E-state index contributed by atoms with van der Waals surface area (Å²) in [7, 11) is -4.00. The quantitative estimate of drug-likeness (QED) is 0.232. The van der Waals surface area contributed by atoms with Crippen LogP contribution in [0.2, 0.25) is 0 Å². The molecule has 2 fully saturated rings. The van der Waals surface area contributed by atoms with Crippen LogP contribution < -0.4 is 4.72 Å². The highest BCUT2D eigenvalue weighted by atomic mass is 32.2. The minimum absolute atomic E-state index is 0.0494. The van der Waals surface area contributed by atoms with Crippen molar-refractivity contribution in [3.8, 4) is 0 Å². The highest BCUT2D eigenvalue weighted by Gasteiger charge is 2.57. The summed E-state index contributed by atoms with van der Waals surface area (Å²) in [6.07, 6.45) is 4.73. The van der Waals surface area contributed by atoms with Gasteiger partial charge in [-0.05, 0) is 97.3 Å². The molecule has 208 valence electrons. The Kier molecular flexibility index (Phi) is 8.37. The molecular formula is C28H40F3NO4S. The van der Waals surface area contributed by atoms with Gasteiger partial charge in [0, 0.05) is 0 Å². The zero-order valence-corrected chi connectivity index (χ0v) is 22.5. The second-order valence-corrected chi connectivity index (χ2v) is 12.9. The Bertz CT molecular complexity index is 1080. The Labute approximate surface area is 219 Å². The molecule has 0 heterocycles. The van der Waals surface area contributed by atoms with E-state index in [0.717, 1.165) is 19.3 Å². The number of alkyl halides is 3. The van der Waals surface area contributed by atoms with Gasteiger partial charge in [-0.15, -0.1) is 6.58 Å². The molecule has 0 radical (unpaired) electrons. The number of aryl methyl sites for hydroxylation is 1. The fraction of sp³-hybridized carbons (Fsp3) is 0.714. The molecule has 0 saturated heterocycles. The van der Waals surface area contributed by atoms with Crippen LogP contribution in [0.5, 0.6) is 0 Å². The maximum Gasteiger partial charge on any atom is 0.414 e. The minimum Gasteiger partial charge on any atom is -0.384 e. The summed E-state index contributed by atoms with van der Waals surface area (Å²) in [5.41, 5.74) is 3.50. The highest BCUT2D eigenvalue weighted by molar-refractivity contribution is 7.88. The van der Waals surface area contributed by atoms with Crippen LogP contribution in [0, 0.1) is 16.7 Å². The predicted octanol–water partition coefficient (Wildman–Crippen LogP) is 7.04. The number of anilines is 1. The van der Waals surface area contributed by atoms with Gasteiger partial charge in [-0.3, -0.25) is 8.91 Å². The molecule has 0 bridgehead atoms. The minimum atomic E-state index is -4.60. The monoisotopic (exact) mass is 543 g/mol. The first-order chi connectivity index (χ1) is 17.4. The topological polar surface area (TPSA) is 75.6 Å². The van der Waals surface area contributed by atoms with Crippen LogP contribution in [0.4, 0.5) is 18.9 Å². The van der Waals surface area contributed by atoms with Crippen LogP contribution in [-0.2, 0) is 20.9 Å². The number of allylic oxidation sites excluding steroid dienone is 1. The smallest absolute Gasteiger partial charge is 0.384 e. The summed E-state index contributed by atoms with van der Waals surface area (Å²) < 4.78 is 69.3. The first-order valence-electron chi connectivity index (χ1n) is 13.6. The molecule has 9 heteroatoms. The summed E-state index contributed by atoms with van der Waals surface area (Å²) >= 11 is 0. The molecule has 5 nitrogen and oxygen atoms in total. The summed E-state index contributed by atoms with van der Waals surface area (Å²) in [6, 6.07) is 5.81. The van der Waals surface area contributed by atoms with Crippen LogP contribution in [0.15, 0.2) is 30.9 Å². The van der Waals surface area contributed by atoms with Gasteiger partial charge in [0.15, 0.2) is 0 Å². The van der Waals surface area contributed by atoms with Gasteiger partial charge in [0.2, 0.25) is 0 Å². The van der Waals surface area contributed by atoms with E-state index in [0.29, 0.717) is 42.2 Å². The number of hydrogen-bond acceptors (Lipinski definition) is 4. The molecular weight excluding hydrogens is 503 g/mol. The number of hydrogen-bond donors (Lipinski definition) is 2. The van der Waals surface area contributed by atoms with E-state index in [1.807, 2.05) is 12.1 Å². The molecule has 1 aromatic carbocycles. The van der Waals surface area contributed by atoms with E-state index in [2.05, 4.69) is 30.4 Å². The van der Waals surface area contributed by atoms with Crippen LogP contribution in [0.1, 0.15) is 94.6 Å². The Morgan fingerprint density at radius 2 is 1.95 bits per heavy atom. The molecule has 3 aliphatic rings. The Balaban J connectivity index is 1.30. The third kappa shape index (κ3) is 6.04. The first kappa shape index (κ1) is 28.4. The van der Waals surface area contributed by atoms with Gasteiger partial charge in [-0.1, -0.05) is 44.7 Å². The number of aliphatic hydroxyl groups excluding tert-OH is 1. The van der Waals surface area contributed by atoms with E-state index >= 15 is 0 Å². The lowest BCUT2D eigenvalue weighted by Crippen LogP contribution is -2.47. The summed E-state index contributed by atoms with van der Waals surface area (Å²) in [5.74, 6) is 1.08. The summed E-state index contributed by atoms with van der Waals surface area (Å²) in [5, 5.41) is 9.00. The third-order valence-electron chi connectivity index (χ3n) is 9.34. The van der Waals surface area contributed by atoms with E-state index in [-0.39, 0.29) is 24.9 Å². The molecule has 37 heavy (non-hydrogen) atoms. The first-order valence-corrected chi connectivity index (χ1v) is 15.0. The van der Waals surface area contributed by atoms with Crippen molar-refractivity contribution in [2.24, 2.45) is 16.7 Å². The van der Waals surface area contributed by atoms with Gasteiger partial charge in [-0.2, -0.15) is 21.6 Å². The van der Waals surface area contributed by atoms with Crippen molar-refractivity contribution >= 4 is 16.0 Å². The third-order valence-corrected chi connectivity index (χ3v) is 10.3. The lowest BCUT2D eigenvalue weighted by atomic mass is 9.47. The predicted molar refractivity (Wildman–Crippen MR) is 138 cm³/mol. The van der Waals surface area contributed by atoms with Crippen LogP contribution in [0.25, 0.3) is 0 Å². The van der Waals surface area contributed by atoms with Gasteiger partial charge in [0.1, 0.15) is 6.10 Å². The van der Waals surface area contributed by atoms with Gasteiger partial charge in [0.25, 0.3) is 0 Å². The molecule has 0 spiro atoms. The average molecular weight is 544 g/mol. The number of halogens is 3. The molecule has 3 aliphatic carbocycles. The zero-order chi connectivity index (χ0) is 26.9. The molecule has 0 aromatic heterocycles. The Morgan fingerprint density at radius 1 is 1.19 bits per heavy atom. The molecule has 5 atom stereocenters. The molecule has 0 unspecified atom stereocenters. The molecule has 2 N–H and O–H groups in total. The number of rotatable bonds is 11. The van der Waals surface area contributed by atoms with Gasteiger partial charge < -0.3 is 5.11 Å². The van der Waals surface area contributed by atoms with E-state index in [4.69, 9.17) is 9.29 Å². The summed E-state index contributed by atoms with van der Waals surface area (Å²) in [6.45, 7) is 6.70. The van der Waals surface area contributed by atoms with Crippen molar-refractivity contribution in [1.29, 1.82) is 0 Å². The number of benzene rings is 1. The molecule has 2 saturated carbocycles. The van der Waals surface area contributed by atoms with E-state index in [9.17, 15) is 21.6 Å². The van der Waals surface area contributed by atoms with Gasteiger partial charge >= 0.3 is 16.5 Å². The van der Waals surface area contributed by atoms with Crippen molar-refractivity contribution in [2.75, 3.05) is 11.3 Å². The Hall–Kier alpha value is -1.58. The lowest BCUT2D eigenvalue weighted by Gasteiger charge is -2.56. The second-order valence-electron chi connectivity index (χ2n) is 11.6. The average Bonchev–Trinajstić information content (AvgIpc) is 3.24. The maximum absolute atomic E-state index is 12.4. The number of aliphatic hydroxyl groups is 1. The van der Waals surface area contributed by atoms with Crippen molar-refractivity contribution in [2.45, 2.75) is 102 Å². The van der Waals surface area contributed by atoms with Crippen molar-refractivity contribution in [3.63, 3.8) is 0 Å². The SMILES string of the molecule is C=C[C@@]12CCc3cc(NS(=O)(=O)OCCCCCC[C@@H](O)C(F)(F)F)ccc3[C@H]1CC[C@]1(C)CCC[C@H]12. The Morgan fingerprint density at radius 3 is 2.68 bits per heavy atom. The standard InChI is InChI=1S/C28H40F3NO4S/c1-3-27-17-13-20-19-21(11-12-22(20)23(27)14-16-26(2)15-8-9-24(26)27)32-37(34,35)36-18-7-5-4-6-10-25(33)28(29,30)31/h3,11-12,19,23-25,32-33H,1,4-10,13-18H2,2H3/t23-,24-,25-,26+,27-/m1/s1. The normalized spacial score (nSPS) is 30.2. The lowest BCUT2D eigenvalue weighted by molar-refractivity contribution is -0.205. The molecule has 1 aromatic rings. The summed E-state index contributed by atoms with van der Waals surface area (Å²) in [4.78, 5) is 0. The van der Waals surface area contributed by atoms with Gasteiger partial charge in [-0.25, -0.2) is 0 Å². The van der Waals surface area contributed by atoms with E-state index in [1.54, 1.807) is 0 Å². The van der Waals surface area contributed by atoms with Crippen LogP contribution in [0.3, 0.4) is 0 Å². The molecule has 4 rings (SSSR count). The second kappa shape index (κ2) is 10.9. The number of fused-ring (bicyclic) bond motifs is 5. The largest absolute Gasteiger partial charge is 0.414 e. The van der Waals surface area contributed by atoms with Crippen molar-refractivity contribution < 1.29 is 30.9 Å². The maximum atomic E-state index is 12.4. The van der Waals surface area contributed by atoms with Crippen molar-refractivity contribution in [1.82, 2.24) is 0 Å². The highest BCUT2D eigenvalue weighted by Crippen LogP contribution is 2.67. The van der Waals surface area contributed by atoms with Crippen LogP contribution in [-0.4, -0.2) is 32.4 Å². The fourth-order valence-electron chi connectivity index (χ4n) is 7.49. The molecule has 0 amide bonds. The van der Waals surface area contributed by atoms with Crippen molar-refractivity contribution in [3.05, 3.63) is 42.0 Å². The number of nitrogens with one attached hydrogen (secondary N) is 1. The van der Waals surface area contributed by atoms with Crippen LogP contribution >= 0.6 is 0 Å². The zero-order valence-electron chi connectivity index (χ0n) is 21.7. The van der Waals surface area contributed by atoms with E-state index in [1.165, 1.54) is 36.8 Å². The fourth-order valence-corrected chi connectivity index (χ4v) is 8.30. The van der Waals surface area contributed by atoms with E-state index < -0.39 is 22.6 Å². The number of unbranched alkanes of at least 4 members (excludes halogenated alkanes) is 3. The molecule has 0 aliphatic heterocycles. The van der Waals surface area contributed by atoms with Gasteiger partial charge in [0.05, 0.1) is 12.3 Å².